The number of hydrogen-bond donors (Lipinski definition) is 1. The molecule has 3 aromatic rings. The third-order valence-electron chi connectivity index (χ3n) is 5.78. The molecule has 0 unspecified atom stereocenters. The van der Waals surface area contributed by atoms with Crippen LogP contribution in [-0.2, 0) is 17.8 Å². The molecule has 1 aliphatic rings. The fourth-order valence-electron chi connectivity index (χ4n) is 3.80. The number of amides is 1. The molecule has 0 bridgehead atoms. The Balaban J connectivity index is 1.34. The monoisotopic (exact) mass is 466 g/mol. The normalized spacial score (nSPS) is 14.8. The Bertz CT molecular complexity index is 1080. The Labute approximate surface area is 199 Å². The van der Waals surface area contributed by atoms with Crippen LogP contribution in [0.15, 0.2) is 47.8 Å². The van der Waals surface area contributed by atoms with Crippen molar-refractivity contribution in [1.29, 1.82) is 0 Å². The highest BCUT2D eigenvalue weighted by Gasteiger charge is 2.15. The summed E-state index contributed by atoms with van der Waals surface area (Å²) in [5.74, 6) is 1.08. The first-order valence-corrected chi connectivity index (χ1v) is 11.9. The number of anilines is 1. The molecule has 7 nitrogen and oxygen atoms in total. The van der Waals surface area contributed by atoms with Crippen molar-refractivity contribution in [2.24, 2.45) is 0 Å². The van der Waals surface area contributed by atoms with Gasteiger partial charge in [-0.15, -0.1) is 11.3 Å². The van der Waals surface area contributed by atoms with E-state index < -0.39 is 0 Å². The summed E-state index contributed by atoms with van der Waals surface area (Å²) in [5.41, 5.74) is 3.75. The minimum Gasteiger partial charge on any atom is -0.497 e. The predicted octanol–water partition coefficient (Wildman–Crippen LogP) is 3.76. The maximum atomic E-state index is 12.6. The van der Waals surface area contributed by atoms with E-state index in [2.05, 4.69) is 51.4 Å². The van der Waals surface area contributed by atoms with E-state index in [9.17, 15) is 4.79 Å². The molecule has 1 fully saturated rings. The third kappa shape index (κ3) is 6.10. The Morgan fingerprint density at radius 2 is 1.82 bits per heavy atom. The van der Waals surface area contributed by atoms with Gasteiger partial charge in [0.1, 0.15) is 16.5 Å². The molecule has 2 heterocycles. The number of methoxy groups -OCH3 is 2. The fourth-order valence-corrected chi connectivity index (χ4v) is 4.62. The lowest BCUT2D eigenvalue weighted by atomic mass is 10.1. The number of piperazine rings is 1. The minimum absolute atomic E-state index is 0.141. The summed E-state index contributed by atoms with van der Waals surface area (Å²) in [6.45, 7) is 5.45. The summed E-state index contributed by atoms with van der Waals surface area (Å²) in [6.07, 6.45) is 0.202. The van der Waals surface area contributed by atoms with Crippen molar-refractivity contribution >= 4 is 22.9 Å². The summed E-state index contributed by atoms with van der Waals surface area (Å²) < 4.78 is 10.6. The minimum atomic E-state index is -0.141. The standard InChI is InChI=1S/C25H30N4O3S/c1-28-10-12-29(13-11-28)16-18-4-6-19(7-5-18)25-26-20(17-33-25)14-24(30)27-22-9-8-21(31-2)15-23(22)32-3/h4-9,15,17H,10-14,16H2,1-3H3,(H,27,30). The molecule has 33 heavy (non-hydrogen) atoms. The highest BCUT2D eigenvalue weighted by molar-refractivity contribution is 7.13. The van der Waals surface area contributed by atoms with Gasteiger partial charge < -0.3 is 19.7 Å². The molecule has 0 radical (unpaired) electrons. The molecule has 2 aromatic carbocycles. The van der Waals surface area contributed by atoms with Crippen LogP contribution in [0.3, 0.4) is 0 Å². The van der Waals surface area contributed by atoms with Crippen LogP contribution in [0.5, 0.6) is 11.5 Å². The second-order valence-corrected chi connectivity index (χ2v) is 9.07. The molecule has 0 spiro atoms. The Morgan fingerprint density at radius 1 is 1.06 bits per heavy atom. The highest BCUT2D eigenvalue weighted by Crippen LogP contribution is 2.29. The van der Waals surface area contributed by atoms with E-state index in [-0.39, 0.29) is 12.3 Å². The van der Waals surface area contributed by atoms with Crippen molar-refractivity contribution < 1.29 is 14.3 Å². The second kappa shape index (κ2) is 10.8. The van der Waals surface area contributed by atoms with Gasteiger partial charge in [0.05, 0.1) is 32.0 Å². The van der Waals surface area contributed by atoms with Crippen LogP contribution >= 0.6 is 11.3 Å². The van der Waals surface area contributed by atoms with E-state index >= 15 is 0 Å². The average Bonchev–Trinajstić information content (AvgIpc) is 3.29. The third-order valence-corrected chi connectivity index (χ3v) is 6.72. The molecule has 8 heteroatoms. The van der Waals surface area contributed by atoms with Crippen molar-refractivity contribution in [2.45, 2.75) is 13.0 Å². The number of thiazole rings is 1. The maximum absolute atomic E-state index is 12.6. The van der Waals surface area contributed by atoms with Crippen LogP contribution in [0.25, 0.3) is 10.6 Å². The molecule has 0 aliphatic carbocycles. The topological polar surface area (TPSA) is 66.9 Å². The van der Waals surface area contributed by atoms with Gasteiger partial charge in [-0.3, -0.25) is 9.69 Å². The van der Waals surface area contributed by atoms with Gasteiger partial charge in [0.25, 0.3) is 0 Å². The molecule has 1 aliphatic heterocycles. The molecule has 4 rings (SSSR count). The van der Waals surface area contributed by atoms with Crippen LogP contribution < -0.4 is 14.8 Å². The summed E-state index contributed by atoms with van der Waals surface area (Å²) in [6, 6.07) is 13.9. The number of nitrogens with zero attached hydrogens (tertiary/aromatic N) is 3. The van der Waals surface area contributed by atoms with Crippen LogP contribution in [0.4, 0.5) is 5.69 Å². The first-order chi connectivity index (χ1) is 16.0. The van der Waals surface area contributed by atoms with E-state index in [0.717, 1.165) is 49.0 Å². The van der Waals surface area contributed by atoms with E-state index in [1.165, 1.54) is 5.56 Å². The SMILES string of the molecule is COc1ccc(NC(=O)Cc2csc(-c3ccc(CN4CCN(C)CC4)cc3)n2)c(OC)c1. The number of rotatable bonds is 8. The first-order valence-electron chi connectivity index (χ1n) is 11.0. The average molecular weight is 467 g/mol. The van der Waals surface area contributed by atoms with E-state index in [4.69, 9.17) is 9.47 Å². The lowest BCUT2D eigenvalue weighted by Crippen LogP contribution is -2.43. The van der Waals surface area contributed by atoms with E-state index in [1.54, 1.807) is 43.8 Å². The van der Waals surface area contributed by atoms with Gasteiger partial charge in [-0.1, -0.05) is 24.3 Å². The fraction of sp³-hybridized carbons (Fsp3) is 0.360. The molecular weight excluding hydrogens is 436 g/mol. The summed E-state index contributed by atoms with van der Waals surface area (Å²) in [7, 11) is 5.33. The Morgan fingerprint density at radius 3 is 2.52 bits per heavy atom. The smallest absolute Gasteiger partial charge is 0.230 e. The highest BCUT2D eigenvalue weighted by atomic mass is 32.1. The summed E-state index contributed by atoms with van der Waals surface area (Å²) >= 11 is 1.56. The summed E-state index contributed by atoms with van der Waals surface area (Å²) in [5, 5.41) is 5.76. The van der Waals surface area contributed by atoms with Crippen LogP contribution in [0.2, 0.25) is 0 Å². The molecule has 0 atom stereocenters. The number of carbonyl (C=O) groups excluding carboxylic acids is 1. The lowest BCUT2D eigenvalue weighted by molar-refractivity contribution is -0.115. The molecule has 1 aromatic heterocycles. The molecule has 0 saturated carbocycles. The number of likely N-dealkylation sites (N-methyl/N-ethyl adjacent to an activating group) is 1. The molecule has 174 valence electrons. The number of carbonyl (C=O) groups is 1. The lowest BCUT2D eigenvalue weighted by Gasteiger charge is -2.32. The zero-order valence-electron chi connectivity index (χ0n) is 19.3. The number of benzene rings is 2. The van der Waals surface area contributed by atoms with Gasteiger partial charge in [0, 0.05) is 49.7 Å². The van der Waals surface area contributed by atoms with Crippen LogP contribution in [0, 0.1) is 0 Å². The molecule has 1 amide bonds. The largest absolute Gasteiger partial charge is 0.497 e. The van der Waals surface area contributed by atoms with Gasteiger partial charge in [-0.2, -0.15) is 0 Å². The molecule has 1 saturated heterocycles. The van der Waals surface area contributed by atoms with Crippen molar-refractivity contribution in [2.75, 3.05) is 52.8 Å². The number of ether oxygens (including phenoxy) is 2. The van der Waals surface area contributed by atoms with Crippen molar-refractivity contribution in [3.05, 3.63) is 59.1 Å². The predicted molar refractivity (Wildman–Crippen MR) is 132 cm³/mol. The van der Waals surface area contributed by atoms with Crippen molar-refractivity contribution in [3.8, 4) is 22.1 Å². The van der Waals surface area contributed by atoms with E-state index in [0.29, 0.717) is 17.2 Å². The van der Waals surface area contributed by atoms with Gasteiger partial charge in [-0.05, 0) is 24.7 Å². The zero-order chi connectivity index (χ0) is 23.2. The van der Waals surface area contributed by atoms with E-state index in [1.807, 2.05) is 5.38 Å². The number of hydrogen-bond acceptors (Lipinski definition) is 7. The Kier molecular flexibility index (Phi) is 7.59. The van der Waals surface area contributed by atoms with Gasteiger partial charge in [-0.25, -0.2) is 4.98 Å². The second-order valence-electron chi connectivity index (χ2n) is 8.21. The Hall–Kier alpha value is -2.94. The molecule has 1 N–H and O–H groups in total. The quantitative estimate of drug-likeness (QED) is 0.545. The maximum Gasteiger partial charge on any atom is 0.230 e. The molecular formula is C25H30N4O3S. The zero-order valence-corrected chi connectivity index (χ0v) is 20.2. The van der Waals surface area contributed by atoms with Crippen molar-refractivity contribution in [3.63, 3.8) is 0 Å². The first kappa shape index (κ1) is 23.2. The summed E-state index contributed by atoms with van der Waals surface area (Å²) in [4.78, 5) is 22.1. The van der Waals surface area contributed by atoms with Crippen molar-refractivity contribution in [1.82, 2.24) is 14.8 Å². The van der Waals surface area contributed by atoms with Crippen LogP contribution in [0.1, 0.15) is 11.3 Å². The van der Waals surface area contributed by atoms with Gasteiger partial charge in [0.15, 0.2) is 0 Å². The number of nitrogens with one attached hydrogen (secondary N) is 1. The number of aromatic nitrogens is 1. The van der Waals surface area contributed by atoms with Gasteiger partial charge in [0.2, 0.25) is 5.91 Å². The van der Waals surface area contributed by atoms with Crippen LogP contribution in [-0.4, -0.2) is 68.1 Å². The van der Waals surface area contributed by atoms with Gasteiger partial charge >= 0.3 is 0 Å².